The fraction of sp³-hybridized carbons (Fsp3) is 0.600. The molecule has 0 spiro atoms. The van der Waals surface area contributed by atoms with Crippen molar-refractivity contribution in [3.63, 3.8) is 0 Å². The third-order valence-electron chi connectivity index (χ3n) is 3.81. The van der Waals surface area contributed by atoms with Crippen molar-refractivity contribution in [1.82, 2.24) is 10.2 Å². The molecule has 1 aliphatic heterocycles. The van der Waals surface area contributed by atoms with Gasteiger partial charge < -0.3 is 10.2 Å². The second kappa shape index (κ2) is 7.36. The summed E-state index contributed by atoms with van der Waals surface area (Å²) in [6.45, 7) is 7.31. The SMILES string of the molecule is CC1CCN(CCNCc2ccc(Br)cc2F)CC1. The first-order chi connectivity index (χ1) is 9.15. The van der Waals surface area contributed by atoms with Crippen LogP contribution in [0.15, 0.2) is 22.7 Å². The highest BCUT2D eigenvalue weighted by Gasteiger charge is 2.14. The third-order valence-corrected chi connectivity index (χ3v) is 4.30. The Morgan fingerprint density at radius 3 is 2.79 bits per heavy atom. The molecule has 2 rings (SSSR count). The van der Waals surface area contributed by atoms with Crippen molar-refractivity contribution in [2.24, 2.45) is 5.92 Å². The van der Waals surface area contributed by atoms with Crippen LogP contribution in [0.4, 0.5) is 4.39 Å². The molecule has 0 saturated carbocycles. The first-order valence-electron chi connectivity index (χ1n) is 7.02. The minimum atomic E-state index is -0.145. The van der Waals surface area contributed by atoms with Crippen LogP contribution in [-0.2, 0) is 6.54 Å². The predicted octanol–water partition coefficient (Wildman–Crippen LogP) is 3.41. The predicted molar refractivity (Wildman–Crippen MR) is 80.6 cm³/mol. The summed E-state index contributed by atoms with van der Waals surface area (Å²) < 4.78 is 14.4. The van der Waals surface area contributed by atoms with Crippen LogP contribution in [-0.4, -0.2) is 31.1 Å². The summed E-state index contributed by atoms with van der Waals surface area (Å²) in [6.07, 6.45) is 2.61. The van der Waals surface area contributed by atoms with E-state index in [0.717, 1.165) is 29.0 Å². The first kappa shape index (κ1) is 14.9. The second-order valence-corrected chi connectivity index (χ2v) is 6.35. The van der Waals surface area contributed by atoms with Crippen molar-refractivity contribution in [2.75, 3.05) is 26.2 Å². The summed E-state index contributed by atoms with van der Waals surface area (Å²) in [5.41, 5.74) is 0.732. The average Bonchev–Trinajstić information content (AvgIpc) is 2.39. The lowest BCUT2D eigenvalue weighted by atomic mass is 9.99. The molecule has 1 fully saturated rings. The number of benzene rings is 1. The number of piperidine rings is 1. The van der Waals surface area contributed by atoms with Crippen LogP contribution >= 0.6 is 15.9 Å². The van der Waals surface area contributed by atoms with Gasteiger partial charge >= 0.3 is 0 Å². The van der Waals surface area contributed by atoms with E-state index in [9.17, 15) is 4.39 Å². The van der Waals surface area contributed by atoms with Gasteiger partial charge in [-0.3, -0.25) is 0 Å². The van der Waals surface area contributed by atoms with E-state index in [2.05, 4.69) is 33.1 Å². The number of hydrogen-bond acceptors (Lipinski definition) is 2. The van der Waals surface area contributed by atoms with Gasteiger partial charge in [0.1, 0.15) is 5.82 Å². The topological polar surface area (TPSA) is 15.3 Å². The number of rotatable bonds is 5. The van der Waals surface area contributed by atoms with Crippen molar-refractivity contribution in [3.05, 3.63) is 34.1 Å². The van der Waals surface area contributed by atoms with E-state index in [1.165, 1.54) is 32.0 Å². The number of likely N-dealkylation sites (tertiary alicyclic amines) is 1. The smallest absolute Gasteiger partial charge is 0.128 e. The Balaban J connectivity index is 1.66. The van der Waals surface area contributed by atoms with E-state index < -0.39 is 0 Å². The molecule has 0 radical (unpaired) electrons. The molecule has 1 aromatic carbocycles. The van der Waals surface area contributed by atoms with Crippen LogP contribution < -0.4 is 5.32 Å². The van der Waals surface area contributed by atoms with Gasteiger partial charge in [0.25, 0.3) is 0 Å². The van der Waals surface area contributed by atoms with Crippen LogP contribution in [0.5, 0.6) is 0 Å². The lowest BCUT2D eigenvalue weighted by Gasteiger charge is -2.30. The summed E-state index contributed by atoms with van der Waals surface area (Å²) >= 11 is 3.27. The van der Waals surface area contributed by atoms with Gasteiger partial charge in [0.15, 0.2) is 0 Å². The fourth-order valence-electron chi connectivity index (χ4n) is 2.41. The molecule has 19 heavy (non-hydrogen) atoms. The molecule has 2 nitrogen and oxygen atoms in total. The highest BCUT2D eigenvalue weighted by Crippen LogP contribution is 2.16. The molecule has 1 N–H and O–H groups in total. The maximum absolute atomic E-state index is 13.6. The van der Waals surface area contributed by atoms with Crippen molar-refractivity contribution in [3.8, 4) is 0 Å². The molecule has 1 saturated heterocycles. The van der Waals surface area contributed by atoms with Gasteiger partial charge in [0, 0.05) is 29.7 Å². The van der Waals surface area contributed by atoms with E-state index in [0.29, 0.717) is 6.54 Å². The van der Waals surface area contributed by atoms with E-state index in [1.54, 1.807) is 0 Å². The second-order valence-electron chi connectivity index (χ2n) is 5.44. The summed E-state index contributed by atoms with van der Waals surface area (Å²) in [7, 11) is 0. The van der Waals surface area contributed by atoms with Crippen LogP contribution in [0, 0.1) is 11.7 Å². The Morgan fingerprint density at radius 2 is 2.11 bits per heavy atom. The molecule has 0 amide bonds. The molecule has 1 aliphatic rings. The van der Waals surface area contributed by atoms with Crippen LogP contribution in [0.2, 0.25) is 0 Å². The first-order valence-corrected chi connectivity index (χ1v) is 7.81. The molecule has 0 atom stereocenters. The van der Waals surface area contributed by atoms with Gasteiger partial charge in [-0.2, -0.15) is 0 Å². The Hall–Kier alpha value is -0.450. The molecule has 0 unspecified atom stereocenters. The summed E-state index contributed by atoms with van der Waals surface area (Å²) in [6, 6.07) is 5.23. The summed E-state index contributed by atoms with van der Waals surface area (Å²) in [5, 5.41) is 3.32. The van der Waals surface area contributed by atoms with Crippen LogP contribution in [0.1, 0.15) is 25.3 Å². The number of hydrogen-bond donors (Lipinski definition) is 1. The number of nitrogens with zero attached hydrogens (tertiary/aromatic N) is 1. The van der Waals surface area contributed by atoms with Gasteiger partial charge in [0.05, 0.1) is 0 Å². The maximum Gasteiger partial charge on any atom is 0.128 e. The Bertz CT molecular complexity index is 403. The lowest BCUT2D eigenvalue weighted by molar-refractivity contribution is 0.193. The average molecular weight is 329 g/mol. The van der Waals surface area contributed by atoms with E-state index in [1.807, 2.05) is 12.1 Å². The zero-order chi connectivity index (χ0) is 13.7. The van der Waals surface area contributed by atoms with E-state index in [-0.39, 0.29) is 5.82 Å². The number of halogens is 2. The van der Waals surface area contributed by atoms with Gasteiger partial charge in [-0.05, 0) is 44.0 Å². The maximum atomic E-state index is 13.6. The van der Waals surface area contributed by atoms with Gasteiger partial charge in [-0.25, -0.2) is 4.39 Å². The Morgan fingerprint density at radius 1 is 1.37 bits per heavy atom. The molecular formula is C15H22BrFN2. The molecule has 1 aromatic rings. The van der Waals surface area contributed by atoms with Crippen molar-refractivity contribution in [1.29, 1.82) is 0 Å². The van der Waals surface area contributed by atoms with Crippen LogP contribution in [0.25, 0.3) is 0 Å². The standard InChI is InChI=1S/C15H22BrFN2/c1-12-4-7-19(8-5-12)9-6-18-11-13-2-3-14(16)10-15(13)17/h2-3,10,12,18H,4-9,11H2,1H3. The normalized spacial score (nSPS) is 17.8. The zero-order valence-electron chi connectivity index (χ0n) is 11.5. The van der Waals surface area contributed by atoms with Crippen molar-refractivity contribution >= 4 is 15.9 Å². The number of nitrogens with one attached hydrogen (secondary N) is 1. The molecule has 106 valence electrons. The molecule has 0 aliphatic carbocycles. The lowest BCUT2D eigenvalue weighted by Crippen LogP contribution is -2.37. The third kappa shape index (κ3) is 4.86. The minimum absolute atomic E-state index is 0.145. The summed E-state index contributed by atoms with van der Waals surface area (Å²) in [4.78, 5) is 2.49. The molecule has 1 heterocycles. The quantitative estimate of drug-likeness (QED) is 0.833. The fourth-order valence-corrected chi connectivity index (χ4v) is 2.74. The van der Waals surface area contributed by atoms with Gasteiger partial charge in [-0.15, -0.1) is 0 Å². The zero-order valence-corrected chi connectivity index (χ0v) is 13.0. The van der Waals surface area contributed by atoms with Gasteiger partial charge in [-0.1, -0.05) is 28.9 Å². The van der Waals surface area contributed by atoms with Crippen molar-refractivity contribution < 1.29 is 4.39 Å². The largest absolute Gasteiger partial charge is 0.311 e. The van der Waals surface area contributed by atoms with E-state index in [4.69, 9.17) is 0 Å². The summed E-state index contributed by atoms with van der Waals surface area (Å²) in [5.74, 6) is 0.731. The van der Waals surface area contributed by atoms with Crippen molar-refractivity contribution in [2.45, 2.75) is 26.3 Å². The molecule has 0 aromatic heterocycles. The monoisotopic (exact) mass is 328 g/mol. The minimum Gasteiger partial charge on any atom is -0.311 e. The Kier molecular flexibility index (Phi) is 5.79. The molecule has 0 bridgehead atoms. The van der Waals surface area contributed by atoms with E-state index >= 15 is 0 Å². The molecule has 4 heteroatoms. The molecular weight excluding hydrogens is 307 g/mol. The van der Waals surface area contributed by atoms with Crippen LogP contribution in [0.3, 0.4) is 0 Å². The van der Waals surface area contributed by atoms with Gasteiger partial charge in [0.2, 0.25) is 0 Å². The highest BCUT2D eigenvalue weighted by atomic mass is 79.9. The Labute approximate surface area is 123 Å². The highest BCUT2D eigenvalue weighted by molar-refractivity contribution is 9.10.